The van der Waals surface area contributed by atoms with Crippen molar-refractivity contribution in [1.82, 2.24) is 14.7 Å². The number of nitrogens with two attached hydrogens (primary N) is 1. The number of likely N-dealkylation sites (N-methyl/N-ethyl adjacent to an activating group) is 1. The van der Waals surface area contributed by atoms with Crippen LogP contribution in [0.15, 0.2) is 6.07 Å². The first-order valence-electron chi connectivity index (χ1n) is 14.0. The number of fused-ring (bicyclic) bond motifs is 3. The lowest BCUT2D eigenvalue weighted by molar-refractivity contribution is -0.181. The Bertz CT molecular complexity index is 1340. The number of piperidine rings is 1. The van der Waals surface area contributed by atoms with Gasteiger partial charge >= 0.3 is 0 Å². The Hall–Kier alpha value is -3.06. The van der Waals surface area contributed by atoms with E-state index < -0.39 is 75.9 Å². The first-order chi connectivity index (χ1) is 19.2. The molecule has 4 aliphatic rings. The van der Waals surface area contributed by atoms with Crippen molar-refractivity contribution in [3.05, 3.63) is 28.6 Å². The van der Waals surface area contributed by atoms with Crippen molar-refractivity contribution in [3.63, 3.8) is 0 Å². The van der Waals surface area contributed by atoms with E-state index in [1.807, 2.05) is 14.1 Å². The summed E-state index contributed by atoms with van der Waals surface area (Å²) in [4.78, 5) is 71.8. The van der Waals surface area contributed by atoms with E-state index in [-0.39, 0.29) is 36.1 Å². The van der Waals surface area contributed by atoms with Crippen LogP contribution in [-0.2, 0) is 32.1 Å². The highest BCUT2D eigenvalue weighted by molar-refractivity contribution is 6.32. The molecule has 0 spiro atoms. The van der Waals surface area contributed by atoms with Crippen molar-refractivity contribution >= 4 is 29.0 Å². The number of carbonyl (C=O) groups excluding carboxylic acids is 5. The number of amides is 1. The van der Waals surface area contributed by atoms with Gasteiger partial charge in [-0.05, 0) is 78.9 Å². The normalized spacial score (nSPS) is 32.7. The van der Waals surface area contributed by atoms with Crippen molar-refractivity contribution in [2.45, 2.75) is 49.9 Å². The van der Waals surface area contributed by atoms with Gasteiger partial charge in [0, 0.05) is 29.6 Å². The minimum absolute atomic E-state index is 0.00227. The molecule has 1 saturated heterocycles. The van der Waals surface area contributed by atoms with Gasteiger partial charge in [-0.15, -0.1) is 0 Å². The average Bonchev–Trinajstić information content (AvgIpc) is 2.89. The lowest BCUT2D eigenvalue weighted by Gasteiger charge is -2.52. The number of halogens is 1. The number of aliphatic hydroxyl groups is 1. The van der Waals surface area contributed by atoms with Crippen molar-refractivity contribution in [3.8, 4) is 5.75 Å². The van der Waals surface area contributed by atoms with E-state index in [1.165, 1.54) is 25.1 Å². The number of hydrogen-bond donors (Lipinski definition) is 3. The molecule has 1 aliphatic heterocycles. The summed E-state index contributed by atoms with van der Waals surface area (Å²) in [6, 6.07) is 0.448. The number of Topliss-reactive ketones (excluding diaryl/α,β-unsaturated/α-hetero) is 4. The van der Waals surface area contributed by atoms with Gasteiger partial charge in [-0.25, -0.2) is 4.39 Å². The molecule has 222 valence electrons. The largest absolute Gasteiger partial charge is 0.507 e. The van der Waals surface area contributed by atoms with Crippen LogP contribution in [0, 0.1) is 29.5 Å². The standard InChI is InChI=1S/C29H37FN4O7/c1-32(2)15-5-7-34(8-6-15)12-14-11-18(35)20-16(22(14)30)9-13-10-17-23(33(3)4)25(37)21(28(31)40)27(39)29(17,41)26(38)19(13)24(20)36/h11,13,15,17,19,21,23,35,41H,5-10,12H2,1-4H3,(H2,31,40)/t13-,17-,19?,21?,23-,29-/m0/s1. The van der Waals surface area contributed by atoms with Crippen LogP contribution in [0.4, 0.5) is 4.39 Å². The summed E-state index contributed by atoms with van der Waals surface area (Å²) in [6.45, 7) is 1.74. The van der Waals surface area contributed by atoms with Crippen LogP contribution in [-0.4, -0.2) is 113 Å². The number of primary amides is 1. The maximum Gasteiger partial charge on any atom is 0.235 e. The maximum atomic E-state index is 16.0. The molecular weight excluding hydrogens is 535 g/mol. The number of phenolic OH excluding ortho intramolecular Hbond substituents is 1. The van der Waals surface area contributed by atoms with E-state index in [0.29, 0.717) is 6.04 Å². The first-order valence-corrected chi connectivity index (χ1v) is 14.0. The molecule has 41 heavy (non-hydrogen) atoms. The van der Waals surface area contributed by atoms with Gasteiger partial charge in [0.2, 0.25) is 5.91 Å². The van der Waals surface area contributed by atoms with Gasteiger partial charge < -0.3 is 20.8 Å². The molecule has 0 radical (unpaired) electrons. The van der Waals surface area contributed by atoms with Crippen LogP contribution >= 0.6 is 0 Å². The van der Waals surface area contributed by atoms with Crippen LogP contribution < -0.4 is 5.73 Å². The summed E-state index contributed by atoms with van der Waals surface area (Å²) in [5.74, 6) is -12.2. The Morgan fingerprint density at radius 2 is 1.73 bits per heavy atom. The zero-order valence-electron chi connectivity index (χ0n) is 23.7. The quantitative estimate of drug-likeness (QED) is 0.394. The summed E-state index contributed by atoms with van der Waals surface area (Å²) in [5, 5.41) is 22.5. The lowest BCUT2D eigenvalue weighted by Crippen LogP contribution is -2.74. The number of ketones is 4. The number of carbonyl (C=O) groups is 5. The predicted octanol–water partition coefficient (Wildman–Crippen LogP) is -0.468. The highest BCUT2D eigenvalue weighted by Crippen LogP contribution is 2.51. The third-order valence-corrected chi connectivity index (χ3v) is 9.75. The highest BCUT2D eigenvalue weighted by Gasteiger charge is 2.69. The number of nitrogens with zero attached hydrogens (tertiary/aromatic N) is 3. The number of benzene rings is 1. The summed E-state index contributed by atoms with van der Waals surface area (Å²) in [7, 11) is 7.08. The van der Waals surface area contributed by atoms with Gasteiger partial charge in [-0.3, -0.25) is 33.8 Å². The average molecular weight is 573 g/mol. The van der Waals surface area contributed by atoms with Gasteiger partial charge in [-0.2, -0.15) is 0 Å². The number of rotatable bonds is 5. The fourth-order valence-corrected chi connectivity index (χ4v) is 7.66. The first kappa shape index (κ1) is 29.4. The smallest absolute Gasteiger partial charge is 0.235 e. The monoisotopic (exact) mass is 572 g/mol. The molecule has 2 unspecified atom stereocenters. The Kier molecular flexibility index (Phi) is 7.42. The molecule has 2 saturated carbocycles. The van der Waals surface area contributed by atoms with Crippen LogP contribution in [0.2, 0.25) is 0 Å². The molecule has 1 amide bonds. The van der Waals surface area contributed by atoms with E-state index >= 15 is 4.39 Å². The molecule has 11 nitrogen and oxygen atoms in total. The van der Waals surface area contributed by atoms with E-state index in [2.05, 4.69) is 9.80 Å². The number of hydrogen-bond acceptors (Lipinski definition) is 10. The molecule has 1 aromatic carbocycles. The van der Waals surface area contributed by atoms with Crippen LogP contribution in [0.25, 0.3) is 0 Å². The van der Waals surface area contributed by atoms with Gasteiger partial charge in [0.15, 0.2) is 34.7 Å². The molecule has 6 atom stereocenters. The molecule has 3 fully saturated rings. The van der Waals surface area contributed by atoms with Gasteiger partial charge in [0.1, 0.15) is 11.6 Å². The molecule has 12 heteroatoms. The number of aromatic hydroxyl groups is 1. The second-order valence-electron chi connectivity index (χ2n) is 12.5. The molecule has 0 bridgehead atoms. The van der Waals surface area contributed by atoms with E-state index in [1.54, 1.807) is 0 Å². The van der Waals surface area contributed by atoms with Crippen molar-refractivity contribution in [1.29, 1.82) is 0 Å². The molecule has 1 heterocycles. The molecule has 3 aliphatic carbocycles. The van der Waals surface area contributed by atoms with Gasteiger partial charge in [0.05, 0.1) is 17.5 Å². The highest BCUT2D eigenvalue weighted by atomic mass is 19.1. The topological polar surface area (TPSA) is 162 Å². The third-order valence-electron chi connectivity index (χ3n) is 9.75. The molecule has 1 aromatic rings. The summed E-state index contributed by atoms with van der Waals surface area (Å²) >= 11 is 0. The van der Waals surface area contributed by atoms with Gasteiger partial charge in [-0.1, -0.05) is 0 Å². The van der Waals surface area contributed by atoms with Crippen LogP contribution in [0.5, 0.6) is 5.75 Å². The SMILES string of the molecule is CN(C)C1CCN(Cc2cc(O)c3c(c2F)C[C@H]2C[C@H]4[C@H](N(C)C)C(=O)C(C(N)=O)C(=O)[C@@]4(O)C(=O)C2C3=O)CC1. The fraction of sp³-hybridized carbons (Fsp3) is 0.621. The second kappa shape index (κ2) is 10.3. The summed E-state index contributed by atoms with van der Waals surface area (Å²) in [6.07, 6.45) is 1.62. The summed E-state index contributed by atoms with van der Waals surface area (Å²) < 4.78 is 16.0. The zero-order chi connectivity index (χ0) is 30.1. The molecule has 0 aromatic heterocycles. The Morgan fingerprint density at radius 3 is 2.29 bits per heavy atom. The minimum Gasteiger partial charge on any atom is -0.507 e. The zero-order valence-corrected chi connectivity index (χ0v) is 23.7. The van der Waals surface area contributed by atoms with Crippen molar-refractivity contribution in [2.24, 2.45) is 29.4 Å². The lowest BCUT2D eigenvalue weighted by atomic mass is 9.52. The van der Waals surface area contributed by atoms with Crippen LogP contribution in [0.3, 0.4) is 0 Å². The Balaban J connectivity index is 1.50. The van der Waals surface area contributed by atoms with Crippen molar-refractivity contribution < 1.29 is 38.6 Å². The maximum absolute atomic E-state index is 16.0. The van der Waals surface area contributed by atoms with E-state index in [9.17, 15) is 34.2 Å². The number of likely N-dealkylation sites (tertiary alicyclic amines) is 1. The summed E-state index contributed by atoms with van der Waals surface area (Å²) in [5.41, 5.74) is 2.44. The van der Waals surface area contributed by atoms with Crippen molar-refractivity contribution in [2.75, 3.05) is 41.3 Å². The second-order valence-corrected chi connectivity index (χ2v) is 12.5. The molecular formula is C29H37FN4O7. The Labute approximate surface area is 237 Å². The molecule has 4 N–H and O–H groups in total. The van der Waals surface area contributed by atoms with E-state index in [4.69, 9.17) is 5.73 Å². The minimum atomic E-state index is -2.80. The number of phenols is 1. The van der Waals surface area contributed by atoms with Gasteiger partial charge in [0.25, 0.3) is 0 Å². The third kappa shape index (κ3) is 4.43. The fourth-order valence-electron chi connectivity index (χ4n) is 7.66. The van der Waals surface area contributed by atoms with E-state index in [0.717, 1.165) is 25.9 Å². The Morgan fingerprint density at radius 1 is 1.10 bits per heavy atom. The predicted molar refractivity (Wildman–Crippen MR) is 143 cm³/mol. The van der Waals surface area contributed by atoms with Crippen LogP contribution in [0.1, 0.15) is 40.7 Å². The molecule has 5 rings (SSSR count).